The van der Waals surface area contributed by atoms with Crippen molar-refractivity contribution in [1.82, 2.24) is 9.88 Å². The van der Waals surface area contributed by atoms with Crippen molar-refractivity contribution in [3.8, 4) is 11.3 Å². The topological polar surface area (TPSA) is 72.0 Å². The third kappa shape index (κ3) is 4.49. The van der Waals surface area contributed by atoms with E-state index in [-0.39, 0.29) is 17.8 Å². The maximum Gasteiger partial charge on any atom is 0.309 e. The van der Waals surface area contributed by atoms with Gasteiger partial charge in [-0.15, -0.1) is 11.3 Å². The number of nitrogens with zero attached hydrogens (tertiary/aromatic N) is 3. The molecule has 7 nitrogen and oxygen atoms in total. The Morgan fingerprint density at radius 2 is 1.97 bits per heavy atom. The van der Waals surface area contributed by atoms with Crippen LogP contribution in [-0.2, 0) is 14.3 Å². The van der Waals surface area contributed by atoms with Crippen LogP contribution in [0.2, 0.25) is 0 Å². The summed E-state index contributed by atoms with van der Waals surface area (Å²) in [6.07, 6.45) is 3.08. The summed E-state index contributed by atoms with van der Waals surface area (Å²) in [5, 5.41) is 1.07. The quantitative estimate of drug-likeness (QED) is 0.681. The molecule has 0 saturated carbocycles. The van der Waals surface area contributed by atoms with E-state index in [0.717, 1.165) is 29.3 Å². The monoisotopic (exact) mass is 429 g/mol. The number of carbonyl (C=O) groups excluding carboxylic acids is 2. The standard InChI is InChI=1S/C22H27N3O4S/c1-2-29-22(27)16-6-9-24(10-7-16)20(26)19-15-17(18-5-3-4-8-23-18)21(30-19)25-11-13-28-14-12-25/h3-5,8,15-16H,2,6-7,9-14H2,1H3. The molecule has 30 heavy (non-hydrogen) atoms. The Bertz CT molecular complexity index is 872. The molecule has 4 heterocycles. The van der Waals surface area contributed by atoms with E-state index >= 15 is 0 Å². The zero-order chi connectivity index (χ0) is 20.9. The predicted octanol–water partition coefficient (Wildman–Crippen LogP) is 3.06. The van der Waals surface area contributed by atoms with Gasteiger partial charge in [-0.05, 0) is 38.0 Å². The average molecular weight is 430 g/mol. The molecule has 2 fully saturated rings. The predicted molar refractivity (Wildman–Crippen MR) is 116 cm³/mol. The first-order chi connectivity index (χ1) is 14.7. The van der Waals surface area contributed by atoms with Crippen LogP contribution in [0.5, 0.6) is 0 Å². The number of carbonyl (C=O) groups is 2. The molecule has 0 radical (unpaired) electrons. The largest absolute Gasteiger partial charge is 0.466 e. The van der Waals surface area contributed by atoms with Gasteiger partial charge in [-0.1, -0.05) is 6.07 Å². The fourth-order valence-corrected chi connectivity index (χ4v) is 5.11. The number of rotatable bonds is 5. The van der Waals surface area contributed by atoms with Crippen LogP contribution in [0.25, 0.3) is 11.3 Å². The number of amides is 1. The molecule has 0 spiro atoms. The summed E-state index contributed by atoms with van der Waals surface area (Å²) in [4.78, 5) is 34.6. The second kappa shape index (κ2) is 9.57. The summed E-state index contributed by atoms with van der Waals surface area (Å²) in [6, 6.07) is 7.80. The van der Waals surface area contributed by atoms with Crippen molar-refractivity contribution in [3.63, 3.8) is 0 Å². The molecule has 0 unspecified atom stereocenters. The van der Waals surface area contributed by atoms with Crippen LogP contribution in [0.15, 0.2) is 30.5 Å². The zero-order valence-corrected chi connectivity index (χ0v) is 18.0. The number of esters is 1. The van der Waals surface area contributed by atoms with Gasteiger partial charge in [0.1, 0.15) is 5.00 Å². The van der Waals surface area contributed by atoms with Crippen molar-refractivity contribution >= 4 is 28.2 Å². The second-order valence-electron chi connectivity index (χ2n) is 7.46. The van der Waals surface area contributed by atoms with Gasteiger partial charge in [0.05, 0.1) is 36.3 Å². The highest BCUT2D eigenvalue weighted by molar-refractivity contribution is 7.18. The highest BCUT2D eigenvalue weighted by Crippen LogP contribution is 2.39. The Kier molecular flexibility index (Phi) is 6.64. The van der Waals surface area contributed by atoms with Crippen molar-refractivity contribution in [1.29, 1.82) is 0 Å². The zero-order valence-electron chi connectivity index (χ0n) is 17.2. The highest BCUT2D eigenvalue weighted by atomic mass is 32.1. The van der Waals surface area contributed by atoms with E-state index in [2.05, 4.69) is 9.88 Å². The number of pyridine rings is 1. The van der Waals surface area contributed by atoms with Gasteiger partial charge in [-0.25, -0.2) is 0 Å². The molecule has 8 heteroatoms. The molecular formula is C22H27N3O4S. The number of ether oxygens (including phenoxy) is 2. The highest BCUT2D eigenvalue weighted by Gasteiger charge is 2.30. The van der Waals surface area contributed by atoms with E-state index in [9.17, 15) is 9.59 Å². The lowest BCUT2D eigenvalue weighted by Gasteiger charge is -2.30. The molecule has 1 amide bonds. The van der Waals surface area contributed by atoms with Gasteiger partial charge in [-0.2, -0.15) is 0 Å². The van der Waals surface area contributed by atoms with E-state index in [1.165, 1.54) is 11.3 Å². The third-order valence-electron chi connectivity index (χ3n) is 5.56. The Morgan fingerprint density at radius 3 is 2.63 bits per heavy atom. The first-order valence-corrected chi connectivity index (χ1v) is 11.3. The Balaban J connectivity index is 1.53. The van der Waals surface area contributed by atoms with E-state index < -0.39 is 0 Å². The fraction of sp³-hybridized carbons (Fsp3) is 0.500. The molecule has 2 saturated heterocycles. The molecule has 2 aromatic heterocycles. The molecule has 0 aliphatic carbocycles. The minimum absolute atomic E-state index is 0.0269. The summed E-state index contributed by atoms with van der Waals surface area (Å²) in [6.45, 7) is 6.34. The van der Waals surface area contributed by atoms with Crippen LogP contribution in [0.1, 0.15) is 29.4 Å². The number of aromatic nitrogens is 1. The maximum absolute atomic E-state index is 13.2. The Morgan fingerprint density at radius 1 is 1.20 bits per heavy atom. The fourth-order valence-electron chi connectivity index (χ4n) is 3.93. The average Bonchev–Trinajstić information content (AvgIpc) is 3.25. The summed E-state index contributed by atoms with van der Waals surface area (Å²) in [7, 11) is 0. The van der Waals surface area contributed by atoms with E-state index in [1.54, 1.807) is 6.20 Å². The van der Waals surface area contributed by atoms with Gasteiger partial charge in [0.15, 0.2) is 0 Å². The van der Waals surface area contributed by atoms with Crippen LogP contribution in [0.4, 0.5) is 5.00 Å². The number of likely N-dealkylation sites (tertiary alicyclic amines) is 1. The van der Waals surface area contributed by atoms with Gasteiger partial charge in [0.25, 0.3) is 5.91 Å². The molecule has 0 atom stereocenters. The number of thiophene rings is 1. The van der Waals surface area contributed by atoms with Crippen LogP contribution < -0.4 is 4.90 Å². The molecule has 2 aliphatic rings. The minimum Gasteiger partial charge on any atom is -0.466 e. The third-order valence-corrected chi connectivity index (χ3v) is 6.75. The van der Waals surface area contributed by atoms with Crippen LogP contribution in [-0.4, -0.2) is 67.8 Å². The summed E-state index contributed by atoms with van der Waals surface area (Å²) in [5.74, 6) is -0.225. The summed E-state index contributed by atoms with van der Waals surface area (Å²) >= 11 is 1.53. The first-order valence-electron chi connectivity index (χ1n) is 10.5. The van der Waals surface area contributed by atoms with Gasteiger partial charge in [-0.3, -0.25) is 14.6 Å². The Hall–Kier alpha value is -2.45. The SMILES string of the molecule is CCOC(=O)C1CCN(C(=O)c2cc(-c3ccccn3)c(N3CCOCC3)s2)CC1. The molecule has 2 aliphatic heterocycles. The molecule has 0 aromatic carbocycles. The van der Waals surface area contributed by atoms with Crippen LogP contribution in [0.3, 0.4) is 0 Å². The van der Waals surface area contributed by atoms with Crippen LogP contribution >= 0.6 is 11.3 Å². The van der Waals surface area contributed by atoms with Gasteiger partial charge in [0.2, 0.25) is 0 Å². The molecule has 0 bridgehead atoms. The molecule has 4 rings (SSSR count). The second-order valence-corrected chi connectivity index (χ2v) is 8.49. The number of piperidine rings is 1. The summed E-state index contributed by atoms with van der Waals surface area (Å²) in [5.41, 5.74) is 1.86. The van der Waals surface area contributed by atoms with Crippen molar-refractivity contribution in [2.24, 2.45) is 5.92 Å². The van der Waals surface area contributed by atoms with Crippen molar-refractivity contribution in [3.05, 3.63) is 35.3 Å². The molecule has 2 aromatic rings. The van der Waals surface area contributed by atoms with E-state index in [1.807, 2.05) is 36.1 Å². The van der Waals surface area contributed by atoms with E-state index in [4.69, 9.17) is 9.47 Å². The smallest absolute Gasteiger partial charge is 0.309 e. The van der Waals surface area contributed by atoms with Crippen molar-refractivity contribution < 1.29 is 19.1 Å². The molecule has 0 N–H and O–H groups in total. The lowest BCUT2D eigenvalue weighted by Crippen LogP contribution is -2.40. The number of hydrogen-bond donors (Lipinski definition) is 0. The summed E-state index contributed by atoms with van der Waals surface area (Å²) < 4.78 is 10.6. The number of morpholine rings is 1. The van der Waals surface area contributed by atoms with E-state index in [0.29, 0.717) is 50.6 Å². The van der Waals surface area contributed by atoms with Gasteiger partial charge >= 0.3 is 5.97 Å². The lowest BCUT2D eigenvalue weighted by molar-refractivity contribution is -0.149. The normalized spacial score (nSPS) is 17.8. The molecular weight excluding hydrogens is 402 g/mol. The minimum atomic E-state index is -0.146. The van der Waals surface area contributed by atoms with Crippen molar-refractivity contribution in [2.45, 2.75) is 19.8 Å². The Labute approximate surface area is 180 Å². The van der Waals surface area contributed by atoms with Gasteiger partial charge < -0.3 is 19.3 Å². The maximum atomic E-state index is 13.2. The van der Waals surface area contributed by atoms with Crippen molar-refractivity contribution in [2.75, 3.05) is 50.9 Å². The molecule has 160 valence electrons. The number of hydrogen-bond acceptors (Lipinski definition) is 7. The number of anilines is 1. The van der Waals surface area contributed by atoms with Gasteiger partial charge in [0, 0.05) is 37.9 Å². The lowest BCUT2D eigenvalue weighted by atomic mass is 9.97. The van der Waals surface area contributed by atoms with Crippen LogP contribution in [0, 0.1) is 5.92 Å². The first kappa shape index (κ1) is 20.8.